The zero-order valence-electron chi connectivity index (χ0n) is 36.4. The van der Waals surface area contributed by atoms with Gasteiger partial charge in [0.15, 0.2) is 25.4 Å². The van der Waals surface area contributed by atoms with E-state index in [1.165, 1.54) is 60.7 Å². The lowest BCUT2D eigenvalue weighted by Gasteiger charge is -2.32. The number of benzene rings is 4. The Labute approximate surface area is 356 Å². The van der Waals surface area contributed by atoms with Crippen LogP contribution >= 0.6 is 0 Å². The maximum absolute atomic E-state index is 13.1. The minimum absolute atomic E-state index is 0.00921. The molecule has 13 nitrogen and oxygen atoms in total. The summed E-state index contributed by atoms with van der Waals surface area (Å²) >= 11 is 0. The molecule has 4 aromatic rings. The highest BCUT2D eigenvalue weighted by Crippen LogP contribution is 2.46. The number of fused-ring (bicyclic) bond motifs is 1. The maximum atomic E-state index is 13.1. The summed E-state index contributed by atoms with van der Waals surface area (Å²) in [5.41, 5.74) is 6.57. The first-order chi connectivity index (χ1) is 27.4. The van der Waals surface area contributed by atoms with Crippen LogP contribution in [0.15, 0.2) is 102 Å². The molecule has 0 heterocycles. The van der Waals surface area contributed by atoms with Crippen LogP contribution in [0.3, 0.4) is 0 Å². The van der Waals surface area contributed by atoms with Crippen LogP contribution < -0.4 is 5.73 Å². The Kier molecular flexibility index (Phi) is 14.5. The number of rotatable bonds is 17. The summed E-state index contributed by atoms with van der Waals surface area (Å²) in [4.78, 5) is -0.467. The molecule has 4 N–H and O–H groups in total. The summed E-state index contributed by atoms with van der Waals surface area (Å²) in [5, 5.41) is 27.8. The van der Waals surface area contributed by atoms with Crippen molar-refractivity contribution in [3.8, 4) is 5.75 Å². The predicted molar refractivity (Wildman–Crippen MR) is 239 cm³/mol. The standard InChI is InChI=1S/C44H61N5O8S3/c1-41(2,3)28-43(7,8)23-11-25-58(51,52)33-18-14-31(15-19-33)46-48-35-22-13-30-27-36(60(55,56)57)39(40(50)37(30)38(35)45)49-47-32-16-20-34(21-17-32)59(53,54)26-12-24-44(9,10)29-42(4,5)6/h13-22,27,50H,11-12,23-26,28-29,45H2,1-10H3,(H,55,56,57). The van der Waals surface area contributed by atoms with Crippen molar-refractivity contribution in [1.82, 2.24) is 0 Å². The summed E-state index contributed by atoms with van der Waals surface area (Å²) in [6, 6.07) is 15.5. The van der Waals surface area contributed by atoms with Crippen LogP contribution in [0.5, 0.6) is 5.75 Å². The van der Waals surface area contributed by atoms with Crippen molar-refractivity contribution in [1.29, 1.82) is 0 Å². The van der Waals surface area contributed by atoms with Crippen LogP contribution in [-0.2, 0) is 29.8 Å². The molecular formula is C44H61N5O8S3. The van der Waals surface area contributed by atoms with E-state index in [1.54, 1.807) is 0 Å². The molecule has 0 spiro atoms. The van der Waals surface area contributed by atoms with E-state index in [2.05, 4.69) is 89.7 Å². The van der Waals surface area contributed by atoms with Crippen molar-refractivity contribution in [2.24, 2.45) is 42.1 Å². The minimum atomic E-state index is -4.93. The van der Waals surface area contributed by atoms with Gasteiger partial charge >= 0.3 is 0 Å². The fourth-order valence-electron chi connectivity index (χ4n) is 8.26. The third-order valence-electron chi connectivity index (χ3n) is 10.00. The Balaban J connectivity index is 1.54. The molecule has 0 fully saturated rings. The molecule has 0 aromatic heterocycles. The summed E-state index contributed by atoms with van der Waals surface area (Å²) in [5.74, 6) is -0.711. The molecule has 0 radical (unpaired) electrons. The fourth-order valence-corrected chi connectivity index (χ4v) is 11.5. The van der Waals surface area contributed by atoms with Gasteiger partial charge in [-0.2, -0.15) is 18.6 Å². The Morgan fingerprint density at radius 3 is 1.40 bits per heavy atom. The lowest BCUT2D eigenvalue weighted by Crippen LogP contribution is -2.21. The Morgan fingerprint density at radius 1 is 0.583 bits per heavy atom. The van der Waals surface area contributed by atoms with Crippen molar-refractivity contribution < 1.29 is 34.9 Å². The molecule has 0 aliphatic carbocycles. The van der Waals surface area contributed by atoms with E-state index < -0.39 is 46.1 Å². The number of azo groups is 2. The van der Waals surface area contributed by atoms with Gasteiger partial charge in [0.1, 0.15) is 16.3 Å². The number of phenols is 1. The van der Waals surface area contributed by atoms with Gasteiger partial charge in [-0.05, 0) is 126 Å². The van der Waals surface area contributed by atoms with E-state index in [1.807, 2.05) is 0 Å². The van der Waals surface area contributed by atoms with Crippen molar-refractivity contribution >= 4 is 69.0 Å². The van der Waals surface area contributed by atoms with Crippen LogP contribution in [-0.4, -0.2) is 46.4 Å². The second-order valence-electron chi connectivity index (χ2n) is 19.7. The van der Waals surface area contributed by atoms with E-state index in [0.29, 0.717) is 18.5 Å². The van der Waals surface area contributed by atoms with E-state index in [4.69, 9.17) is 5.73 Å². The van der Waals surface area contributed by atoms with Gasteiger partial charge in [0.2, 0.25) is 0 Å². The van der Waals surface area contributed by atoms with Crippen LogP contribution in [0, 0.1) is 21.7 Å². The summed E-state index contributed by atoms with van der Waals surface area (Å²) < 4.78 is 87.3. The summed E-state index contributed by atoms with van der Waals surface area (Å²) in [7, 11) is -12.1. The normalized spacial score (nSPS) is 13.8. The molecule has 16 heteroatoms. The topological polar surface area (TPSA) is 218 Å². The Bertz CT molecular complexity index is 2570. The van der Waals surface area contributed by atoms with Gasteiger partial charge in [-0.3, -0.25) is 4.55 Å². The molecule has 4 rings (SSSR count). The monoisotopic (exact) mass is 883 g/mol. The second-order valence-corrected chi connectivity index (χ2v) is 25.3. The van der Waals surface area contributed by atoms with Gasteiger partial charge in [-0.25, -0.2) is 16.8 Å². The average molecular weight is 884 g/mol. The van der Waals surface area contributed by atoms with E-state index >= 15 is 0 Å². The van der Waals surface area contributed by atoms with Gasteiger partial charge < -0.3 is 10.8 Å². The Hall–Kier alpha value is -4.25. The quantitative estimate of drug-likeness (QED) is 0.0521. The van der Waals surface area contributed by atoms with Crippen molar-refractivity contribution in [3.63, 3.8) is 0 Å². The largest absolute Gasteiger partial charge is 0.505 e. The molecule has 328 valence electrons. The molecule has 0 aliphatic rings. The van der Waals surface area contributed by atoms with Gasteiger partial charge in [0.25, 0.3) is 10.1 Å². The van der Waals surface area contributed by atoms with Crippen molar-refractivity contribution in [2.45, 2.75) is 122 Å². The van der Waals surface area contributed by atoms with E-state index in [9.17, 15) is 34.9 Å². The first-order valence-electron chi connectivity index (χ1n) is 19.9. The van der Waals surface area contributed by atoms with Gasteiger partial charge in [0, 0.05) is 0 Å². The smallest absolute Gasteiger partial charge is 0.296 e. The van der Waals surface area contributed by atoms with Gasteiger partial charge in [-0.1, -0.05) is 75.3 Å². The zero-order valence-corrected chi connectivity index (χ0v) is 38.9. The number of nitrogens with zero attached hydrogens (tertiary/aromatic N) is 4. The maximum Gasteiger partial charge on any atom is 0.296 e. The number of anilines is 1. The third kappa shape index (κ3) is 13.6. The van der Waals surface area contributed by atoms with Crippen LogP contribution in [0.4, 0.5) is 28.4 Å². The number of sulfone groups is 2. The molecule has 0 amide bonds. The molecular weight excluding hydrogens is 823 g/mol. The minimum Gasteiger partial charge on any atom is -0.505 e. The molecule has 0 saturated carbocycles. The number of aromatic hydroxyl groups is 1. The van der Waals surface area contributed by atoms with Crippen LogP contribution in [0.2, 0.25) is 0 Å². The molecule has 0 aliphatic heterocycles. The second kappa shape index (κ2) is 18.0. The van der Waals surface area contributed by atoms with Gasteiger partial charge in [0.05, 0.1) is 43.7 Å². The lowest BCUT2D eigenvalue weighted by molar-refractivity contribution is 0.197. The number of nitrogens with two attached hydrogens (primary N) is 1. The lowest BCUT2D eigenvalue weighted by atomic mass is 9.74. The number of hydrogen-bond donors (Lipinski definition) is 3. The van der Waals surface area contributed by atoms with Crippen LogP contribution in [0.1, 0.15) is 108 Å². The molecule has 60 heavy (non-hydrogen) atoms. The average Bonchev–Trinajstić information content (AvgIpc) is 3.08. The predicted octanol–water partition coefficient (Wildman–Crippen LogP) is 12.2. The van der Waals surface area contributed by atoms with Gasteiger partial charge in [-0.15, -0.1) is 10.2 Å². The summed E-state index contributed by atoms with van der Waals surface area (Å²) in [6.07, 6.45) is 4.48. The first kappa shape index (κ1) is 48.4. The van der Waals surface area contributed by atoms with E-state index in [0.717, 1.165) is 31.7 Å². The zero-order chi connectivity index (χ0) is 45.1. The first-order valence-corrected chi connectivity index (χ1v) is 24.7. The van der Waals surface area contributed by atoms with Crippen molar-refractivity contribution in [2.75, 3.05) is 17.2 Å². The molecule has 0 saturated heterocycles. The highest BCUT2D eigenvalue weighted by atomic mass is 32.2. The fraction of sp³-hybridized carbons (Fsp3) is 0.500. The molecule has 0 unspecified atom stereocenters. The van der Waals surface area contributed by atoms with Crippen molar-refractivity contribution in [3.05, 3.63) is 66.7 Å². The number of phenolic OH excluding ortho intramolecular Hbond substituents is 1. The summed E-state index contributed by atoms with van der Waals surface area (Å²) in [6.45, 7) is 21.6. The highest BCUT2D eigenvalue weighted by molar-refractivity contribution is 7.91. The molecule has 4 aromatic carbocycles. The molecule has 0 atom stereocenters. The number of hydrogen-bond acceptors (Lipinski definition) is 12. The molecule has 0 bridgehead atoms. The number of nitrogen functional groups attached to an aromatic ring is 1. The SMILES string of the molecule is CC(C)(C)CC(C)(C)CCCS(=O)(=O)c1ccc(N=Nc2ccc3cc(S(=O)(=O)O)c(N=Nc4ccc(S(=O)(=O)CCCC(C)(C)CC(C)(C)C)cc4)c(O)c3c2N)cc1. The van der Waals surface area contributed by atoms with E-state index in [-0.39, 0.29) is 70.8 Å². The Morgan fingerprint density at radius 2 is 1.00 bits per heavy atom. The highest BCUT2D eigenvalue weighted by Gasteiger charge is 2.28. The van der Waals surface area contributed by atoms with Crippen LogP contribution in [0.25, 0.3) is 10.8 Å². The third-order valence-corrected chi connectivity index (χ3v) is 14.5.